The van der Waals surface area contributed by atoms with E-state index in [0.29, 0.717) is 22.6 Å². The Morgan fingerprint density at radius 1 is 1.30 bits per heavy atom. The average Bonchev–Trinajstić information content (AvgIpc) is 2.94. The van der Waals surface area contributed by atoms with E-state index in [1.165, 1.54) is 0 Å². The normalized spacial score (nSPS) is 15.3. The molecule has 0 radical (unpaired) electrons. The first-order valence-corrected chi connectivity index (χ1v) is 9.36. The fourth-order valence-electron chi connectivity index (χ4n) is 2.74. The van der Waals surface area contributed by atoms with Crippen molar-refractivity contribution in [3.8, 4) is 11.5 Å². The largest absolute Gasteiger partial charge is 0.479 e. The van der Waals surface area contributed by atoms with Gasteiger partial charge in [0.05, 0.1) is 12.2 Å². The number of ketones is 1. The van der Waals surface area contributed by atoms with Crippen LogP contribution in [-0.2, 0) is 9.53 Å². The third-order valence-electron chi connectivity index (χ3n) is 4.11. The summed E-state index contributed by atoms with van der Waals surface area (Å²) in [5.74, 6) is 0.560. The van der Waals surface area contributed by atoms with Gasteiger partial charge < -0.3 is 14.2 Å². The van der Waals surface area contributed by atoms with Gasteiger partial charge in [-0.05, 0) is 56.7 Å². The monoisotopic (exact) mass is 430 g/mol. The molecule has 0 aliphatic carbocycles. The van der Waals surface area contributed by atoms with E-state index in [4.69, 9.17) is 14.2 Å². The second kappa shape index (κ2) is 7.96. The number of halogens is 1. The number of carbonyl (C=O) groups excluding carboxylic acids is 2. The van der Waals surface area contributed by atoms with Crippen molar-refractivity contribution in [2.45, 2.75) is 26.9 Å². The highest BCUT2D eigenvalue weighted by molar-refractivity contribution is 9.10. The summed E-state index contributed by atoms with van der Waals surface area (Å²) in [6.45, 7) is 5.44. The molecule has 0 saturated heterocycles. The number of esters is 1. The molecule has 0 aromatic heterocycles. The summed E-state index contributed by atoms with van der Waals surface area (Å²) >= 11 is 3.41. The van der Waals surface area contributed by atoms with E-state index >= 15 is 0 Å². The number of carbonyl (C=O) groups is 2. The summed E-state index contributed by atoms with van der Waals surface area (Å²) in [7, 11) is 0. The fourth-order valence-corrected chi connectivity index (χ4v) is 3.16. The Balaban J connectivity index is 1.86. The Hall–Kier alpha value is -2.60. The molecule has 0 N–H and O–H groups in total. The first-order chi connectivity index (χ1) is 12.9. The second-order valence-corrected chi connectivity index (χ2v) is 6.99. The molecular weight excluding hydrogens is 412 g/mol. The van der Waals surface area contributed by atoms with Crippen molar-refractivity contribution in [2.24, 2.45) is 0 Å². The van der Waals surface area contributed by atoms with Gasteiger partial charge in [0.2, 0.25) is 5.78 Å². The molecule has 3 rings (SSSR count). The number of benzene rings is 2. The Kier molecular flexibility index (Phi) is 5.65. The molecule has 2 aromatic rings. The van der Waals surface area contributed by atoms with Gasteiger partial charge in [0, 0.05) is 10.0 Å². The Bertz CT molecular complexity index is 932. The minimum atomic E-state index is -0.754. The molecule has 5 nitrogen and oxygen atoms in total. The lowest BCUT2D eigenvalue weighted by Gasteiger charge is -2.16. The first-order valence-electron chi connectivity index (χ1n) is 8.57. The van der Waals surface area contributed by atoms with Crippen LogP contribution >= 0.6 is 15.9 Å². The van der Waals surface area contributed by atoms with Crippen molar-refractivity contribution in [1.29, 1.82) is 0 Å². The number of hydrogen-bond acceptors (Lipinski definition) is 5. The zero-order chi connectivity index (χ0) is 19.6. The average molecular weight is 431 g/mol. The van der Waals surface area contributed by atoms with Gasteiger partial charge in [-0.3, -0.25) is 4.79 Å². The van der Waals surface area contributed by atoms with Crippen LogP contribution in [0.15, 0.2) is 46.6 Å². The zero-order valence-corrected chi connectivity index (χ0v) is 16.8. The summed E-state index contributed by atoms with van der Waals surface area (Å²) in [4.78, 5) is 24.4. The van der Waals surface area contributed by atoms with Crippen LogP contribution in [0.5, 0.6) is 11.5 Å². The van der Waals surface area contributed by atoms with E-state index in [1.54, 1.807) is 39.0 Å². The Labute approximate surface area is 166 Å². The van der Waals surface area contributed by atoms with E-state index in [1.807, 2.05) is 24.3 Å². The first kappa shape index (κ1) is 19.2. The second-order valence-electron chi connectivity index (χ2n) is 6.07. The van der Waals surface area contributed by atoms with Crippen LogP contribution in [0.3, 0.4) is 0 Å². The molecule has 27 heavy (non-hydrogen) atoms. The van der Waals surface area contributed by atoms with Gasteiger partial charge in [-0.15, -0.1) is 0 Å². The minimum Gasteiger partial charge on any atom is -0.479 e. The van der Waals surface area contributed by atoms with Gasteiger partial charge in [-0.1, -0.05) is 28.1 Å². The van der Waals surface area contributed by atoms with Gasteiger partial charge >= 0.3 is 5.97 Å². The van der Waals surface area contributed by atoms with Crippen LogP contribution < -0.4 is 9.47 Å². The van der Waals surface area contributed by atoms with Crippen LogP contribution in [0.4, 0.5) is 0 Å². The van der Waals surface area contributed by atoms with E-state index in [9.17, 15) is 9.59 Å². The van der Waals surface area contributed by atoms with Crippen LogP contribution in [0.25, 0.3) is 6.08 Å². The van der Waals surface area contributed by atoms with Gasteiger partial charge in [-0.25, -0.2) is 4.79 Å². The third kappa shape index (κ3) is 4.06. The number of ether oxygens (including phenoxy) is 3. The molecule has 0 spiro atoms. The molecule has 0 bridgehead atoms. The van der Waals surface area contributed by atoms with Gasteiger partial charge in [0.1, 0.15) is 11.5 Å². The van der Waals surface area contributed by atoms with Crippen LogP contribution in [0.2, 0.25) is 0 Å². The topological polar surface area (TPSA) is 61.8 Å². The SMILES string of the molecule is CCOC(=O)C(C)Oc1ccc2c(c1C)O/C(=C\c1cccc(Br)c1)C2=O. The standard InChI is InChI=1S/C21H19BrO5/c1-4-25-21(24)13(3)26-17-9-8-16-19(23)18(27-20(16)12(17)2)11-14-6-5-7-15(22)10-14/h5-11,13H,4H2,1-3H3/b18-11-. The van der Waals surface area contributed by atoms with E-state index in [-0.39, 0.29) is 18.1 Å². The number of allylic oxidation sites excluding steroid dienone is 1. The third-order valence-corrected chi connectivity index (χ3v) is 4.60. The smallest absolute Gasteiger partial charge is 0.347 e. The molecule has 6 heteroatoms. The summed E-state index contributed by atoms with van der Waals surface area (Å²) in [5.41, 5.74) is 1.99. The highest BCUT2D eigenvalue weighted by Crippen LogP contribution is 2.39. The molecule has 140 valence electrons. The maximum atomic E-state index is 12.6. The van der Waals surface area contributed by atoms with Crippen molar-refractivity contribution in [3.63, 3.8) is 0 Å². The zero-order valence-electron chi connectivity index (χ0n) is 15.2. The number of hydrogen-bond donors (Lipinski definition) is 0. The molecule has 1 atom stereocenters. The predicted molar refractivity (Wildman–Crippen MR) is 105 cm³/mol. The van der Waals surface area contributed by atoms with Gasteiger partial charge in [-0.2, -0.15) is 0 Å². The molecule has 0 saturated carbocycles. The van der Waals surface area contributed by atoms with Crippen molar-refractivity contribution < 1.29 is 23.8 Å². The lowest BCUT2D eigenvalue weighted by Crippen LogP contribution is -2.26. The molecule has 1 unspecified atom stereocenters. The number of Topliss-reactive ketones (excluding diaryl/α,β-unsaturated/α-hetero) is 1. The molecule has 2 aromatic carbocycles. The highest BCUT2D eigenvalue weighted by atomic mass is 79.9. The number of fused-ring (bicyclic) bond motifs is 1. The molecule has 0 fully saturated rings. The van der Waals surface area contributed by atoms with Crippen LogP contribution in [0, 0.1) is 6.92 Å². The highest BCUT2D eigenvalue weighted by Gasteiger charge is 2.30. The van der Waals surface area contributed by atoms with Crippen LogP contribution in [0.1, 0.15) is 35.3 Å². The van der Waals surface area contributed by atoms with Crippen LogP contribution in [-0.4, -0.2) is 24.5 Å². The van der Waals surface area contributed by atoms with Crippen molar-refractivity contribution >= 4 is 33.8 Å². The summed E-state index contributed by atoms with van der Waals surface area (Å²) < 4.78 is 17.4. The van der Waals surface area contributed by atoms with E-state index < -0.39 is 12.1 Å². The van der Waals surface area contributed by atoms with Crippen molar-refractivity contribution in [2.75, 3.05) is 6.61 Å². The van der Waals surface area contributed by atoms with Gasteiger partial charge in [0.15, 0.2) is 11.9 Å². The van der Waals surface area contributed by atoms with E-state index in [0.717, 1.165) is 10.0 Å². The number of rotatable bonds is 5. The van der Waals surface area contributed by atoms with Crippen molar-refractivity contribution in [3.05, 3.63) is 63.3 Å². The molecule has 1 aliphatic rings. The lowest BCUT2D eigenvalue weighted by molar-refractivity contribution is -0.150. The maximum absolute atomic E-state index is 12.6. The minimum absolute atomic E-state index is 0.182. The molecule has 1 heterocycles. The Morgan fingerprint density at radius 2 is 2.07 bits per heavy atom. The summed E-state index contributed by atoms with van der Waals surface area (Å²) in [5, 5.41) is 0. The van der Waals surface area contributed by atoms with Gasteiger partial charge in [0.25, 0.3) is 0 Å². The lowest BCUT2D eigenvalue weighted by atomic mass is 10.1. The Morgan fingerprint density at radius 3 is 2.78 bits per heavy atom. The quantitative estimate of drug-likeness (QED) is 0.507. The molecule has 0 amide bonds. The predicted octanol–water partition coefficient (Wildman–Crippen LogP) is 4.70. The van der Waals surface area contributed by atoms with Crippen molar-refractivity contribution in [1.82, 2.24) is 0 Å². The fraction of sp³-hybridized carbons (Fsp3) is 0.238. The summed E-state index contributed by atoms with van der Waals surface area (Å²) in [6.07, 6.45) is 0.949. The van der Waals surface area contributed by atoms with E-state index in [2.05, 4.69) is 15.9 Å². The molecular formula is C21H19BrO5. The molecule has 1 aliphatic heterocycles. The maximum Gasteiger partial charge on any atom is 0.347 e. The summed E-state index contributed by atoms with van der Waals surface area (Å²) in [6, 6.07) is 10.9.